The number of aromatic nitrogens is 2. The zero-order valence-electron chi connectivity index (χ0n) is 34.1. The van der Waals surface area contributed by atoms with Gasteiger partial charge in [-0.2, -0.15) is 0 Å². The quantitative estimate of drug-likeness (QED) is 0.104. The van der Waals surface area contributed by atoms with Crippen LogP contribution in [-0.2, 0) is 17.1 Å². The van der Waals surface area contributed by atoms with E-state index in [0.29, 0.717) is 23.7 Å². The Morgan fingerprint density at radius 2 is 1.24 bits per heavy atom. The Morgan fingerprint density at radius 3 is 1.65 bits per heavy atom. The van der Waals surface area contributed by atoms with E-state index in [-0.39, 0.29) is 11.1 Å². The van der Waals surface area contributed by atoms with E-state index in [1.54, 1.807) is 0 Å². The summed E-state index contributed by atoms with van der Waals surface area (Å²) in [7, 11) is 5.79. The van der Waals surface area contributed by atoms with Gasteiger partial charge in [0.25, 0.3) is 0 Å². The Kier molecular flexibility index (Phi) is 13.4. The molecule has 4 aromatic rings. The molecule has 3 aromatic carbocycles. The molecule has 0 bridgehead atoms. The first-order valence-electron chi connectivity index (χ1n) is 18.9. The first-order valence-corrected chi connectivity index (χ1v) is 24.2. The zero-order valence-corrected chi connectivity index (χ0v) is 38.0. The second-order valence-corrected chi connectivity index (χ2v) is 21.5. The van der Waals surface area contributed by atoms with Gasteiger partial charge in [0.1, 0.15) is 0 Å². The fourth-order valence-electron chi connectivity index (χ4n) is 7.24. The number of benzene rings is 3. The van der Waals surface area contributed by atoms with Crippen molar-refractivity contribution in [3.05, 3.63) is 101 Å². The molecule has 51 heavy (non-hydrogen) atoms. The molecule has 2 radical (unpaired) electrons. The van der Waals surface area contributed by atoms with Crippen LogP contribution in [0.4, 0.5) is 11.4 Å². The third-order valence-electron chi connectivity index (χ3n) is 9.63. The number of aliphatic imine (C=N–C) groups is 1. The number of hydrogen-bond donors (Lipinski definition) is 0. The summed E-state index contributed by atoms with van der Waals surface area (Å²) < 4.78 is 7.90. The van der Waals surface area contributed by atoms with Crippen LogP contribution in [0.25, 0.3) is 11.4 Å². The van der Waals surface area contributed by atoms with Gasteiger partial charge in [-0.25, -0.2) is 0 Å². The summed E-state index contributed by atoms with van der Waals surface area (Å²) in [5.41, 5.74) is 11.2. The van der Waals surface area contributed by atoms with Crippen LogP contribution in [0.15, 0.2) is 83.5 Å². The monoisotopic (exact) mass is 784 g/mol. The van der Waals surface area contributed by atoms with Crippen LogP contribution in [0.1, 0.15) is 150 Å². The molecule has 0 fully saturated rings. The van der Waals surface area contributed by atoms with E-state index in [2.05, 4.69) is 189 Å². The van der Waals surface area contributed by atoms with E-state index in [4.69, 9.17) is 15.0 Å². The number of rotatable bonds is 12. The standard InChI is InChI=1S/C44H63ClGeN4Si/c1-29(2)36-23-19-24-37(30(3)4)40(36)47-35(27-33(9)48(46-45)41-38(31(5)6)25-20-26-39(41)32(7)8)28-51-49(43(10,11)12)42(50(51)44(13,14)15)34-21-17-16-18-22-34/h16-27,29-32H,28H2,1-15H3/b33-27-,47-35?. The van der Waals surface area contributed by atoms with E-state index >= 15 is 0 Å². The Morgan fingerprint density at radius 1 is 0.765 bits per heavy atom. The van der Waals surface area contributed by atoms with Gasteiger partial charge in [0.15, 0.2) is 0 Å². The van der Waals surface area contributed by atoms with E-state index < -0.39 is 23.5 Å². The maximum atomic E-state index is 7.08. The molecule has 0 saturated carbocycles. The van der Waals surface area contributed by atoms with Crippen molar-refractivity contribution in [3.8, 4) is 11.4 Å². The number of nitrogens with zero attached hydrogens (tertiary/aromatic N) is 4. The van der Waals surface area contributed by atoms with E-state index in [9.17, 15) is 0 Å². The van der Waals surface area contributed by atoms with Gasteiger partial charge < -0.3 is 0 Å². The van der Waals surface area contributed by atoms with Crippen LogP contribution in [0, 0.1) is 0 Å². The Bertz CT molecular complexity index is 1760. The van der Waals surface area contributed by atoms with Crippen LogP contribution < -0.4 is 8.08 Å². The van der Waals surface area contributed by atoms with Crippen molar-refractivity contribution in [1.29, 1.82) is 0 Å². The fraction of sp³-hybridized carbons (Fsp3) is 0.500. The molecule has 0 saturated heterocycles. The maximum absolute atomic E-state index is 7.08. The van der Waals surface area contributed by atoms with Crippen LogP contribution in [0.5, 0.6) is 0 Å². The first kappa shape index (κ1) is 41.1. The van der Waals surface area contributed by atoms with Gasteiger partial charge in [0, 0.05) is 0 Å². The Hall–Kier alpha value is -2.61. The van der Waals surface area contributed by atoms with Gasteiger partial charge in [0.2, 0.25) is 0 Å². The summed E-state index contributed by atoms with van der Waals surface area (Å²) >= 11 is -0.990. The van der Waals surface area contributed by atoms with Crippen molar-refractivity contribution in [1.82, 2.24) is 4.22 Å². The Balaban J connectivity index is 2.07. The summed E-state index contributed by atoms with van der Waals surface area (Å²) in [6.07, 6.45) is 2.38. The number of hydrogen-bond acceptors (Lipinski definition) is 2. The minimum atomic E-state index is -1.29. The fourth-order valence-corrected chi connectivity index (χ4v) is 12.9. The molecular weight excluding hydrogens is 721 g/mol. The van der Waals surface area contributed by atoms with Gasteiger partial charge in [0.05, 0.1) is 0 Å². The third kappa shape index (κ3) is 9.13. The van der Waals surface area contributed by atoms with E-state index in [1.807, 2.05) is 0 Å². The van der Waals surface area contributed by atoms with Crippen LogP contribution in [0.2, 0.25) is 0 Å². The van der Waals surface area contributed by atoms with Gasteiger partial charge in [-0.3, -0.25) is 0 Å². The molecule has 0 atom stereocenters. The molecule has 0 aliphatic carbocycles. The van der Waals surface area contributed by atoms with Crippen LogP contribution >= 0.6 is 10.0 Å². The summed E-state index contributed by atoms with van der Waals surface area (Å²) in [6.45, 7) is 34.7. The number of allylic oxidation sites excluding steroid dienone is 2. The van der Waals surface area contributed by atoms with Crippen molar-refractivity contribution in [3.63, 3.8) is 0 Å². The predicted molar refractivity (Wildman–Crippen MR) is 226 cm³/mol. The molecule has 7 heteroatoms. The summed E-state index contributed by atoms with van der Waals surface area (Å²) in [5, 5.41) is 0. The summed E-state index contributed by atoms with van der Waals surface area (Å²) in [5.74, 6) is 2.82. The van der Waals surface area contributed by atoms with E-state index in [0.717, 1.165) is 17.4 Å². The van der Waals surface area contributed by atoms with Gasteiger partial charge in [-0.1, -0.05) is 0 Å². The SMILES string of the molecule is C/C(=C/C(C[si-]1n(C(C)(C)C)c(-c2ccccc2)[n+]1C(C)(C)C)=Nc1c(C(C)C)cccc1C(C)C)[N]([Ge][Cl])c1c(C(C)C)cccc1C(C)C. The summed E-state index contributed by atoms with van der Waals surface area (Å²) in [4.78, 5) is 5.77. The summed E-state index contributed by atoms with van der Waals surface area (Å²) in [6, 6.07) is 25.4. The Labute approximate surface area is 323 Å². The van der Waals surface area contributed by atoms with Crippen LogP contribution in [0.3, 0.4) is 0 Å². The molecule has 4 rings (SSSR count). The van der Waals surface area contributed by atoms with Gasteiger partial charge in [-0.05, 0) is 0 Å². The van der Waals surface area contributed by atoms with Gasteiger partial charge in [-0.15, -0.1) is 0 Å². The molecule has 1 heterocycles. The third-order valence-corrected chi connectivity index (χ3v) is 15.5. The normalized spacial score (nSPS) is 13.4. The molecule has 0 spiro atoms. The van der Waals surface area contributed by atoms with Gasteiger partial charge >= 0.3 is 325 Å². The molecule has 0 aliphatic heterocycles. The number of anilines is 1. The zero-order chi connectivity index (χ0) is 38.0. The van der Waals surface area contributed by atoms with Crippen molar-refractivity contribution in [2.45, 2.75) is 145 Å². The van der Waals surface area contributed by atoms with Crippen molar-refractivity contribution in [2.24, 2.45) is 4.99 Å². The second-order valence-electron chi connectivity index (χ2n) is 17.3. The molecule has 0 N–H and O–H groups in total. The average molecular weight is 784 g/mol. The molecule has 1 aromatic heterocycles. The first-order chi connectivity index (χ1) is 23.8. The molecular formula is C44H63ClGeN4Si. The predicted octanol–water partition coefficient (Wildman–Crippen LogP) is 12.1. The molecule has 0 unspecified atom stereocenters. The van der Waals surface area contributed by atoms with E-state index in [1.165, 1.54) is 45.0 Å². The number of halogens is 1. The van der Waals surface area contributed by atoms with Crippen molar-refractivity contribution < 1.29 is 4.22 Å². The molecule has 274 valence electrons. The molecule has 0 aliphatic rings. The van der Waals surface area contributed by atoms with Crippen molar-refractivity contribution in [2.75, 3.05) is 3.86 Å². The number of para-hydroxylation sites is 2. The topological polar surface area (TPSA) is 24.4 Å². The van der Waals surface area contributed by atoms with Crippen LogP contribution in [-0.4, -0.2) is 33.4 Å². The molecule has 4 nitrogen and oxygen atoms in total. The second kappa shape index (κ2) is 16.6. The minimum absolute atomic E-state index is 0.0548. The average Bonchev–Trinajstić information content (AvgIpc) is 3.01. The van der Waals surface area contributed by atoms with Crippen molar-refractivity contribution >= 4 is 50.6 Å². The molecule has 0 amide bonds.